The molecule has 1 N–H and O–H groups in total. The van der Waals surface area contributed by atoms with Crippen LogP contribution in [0.25, 0.3) is 5.82 Å². The standard InChI is InChI=1S/C16H22N6O2/c1-11-4-3-5-13(12(11)2)19-15(23)8-21-16(24)7-6-14(20-21)22-10-17-9-18-22/h6-7,9-13H,3-5,8H2,1-2H3,(H,19,23). The lowest BCUT2D eigenvalue weighted by atomic mass is 9.78. The molecule has 0 bridgehead atoms. The van der Waals surface area contributed by atoms with Crippen LogP contribution in [-0.4, -0.2) is 36.5 Å². The second kappa shape index (κ2) is 6.94. The molecule has 0 aliphatic heterocycles. The lowest BCUT2D eigenvalue weighted by molar-refractivity contribution is -0.123. The molecule has 1 fully saturated rings. The number of nitrogens with zero attached hydrogens (tertiary/aromatic N) is 5. The van der Waals surface area contributed by atoms with E-state index in [0.29, 0.717) is 17.7 Å². The third kappa shape index (κ3) is 3.52. The van der Waals surface area contributed by atoms with E-state index in [2.05, 4.69) is 34.3 Å². The predicted octanol–water partition coefficient (Wildman–Crippen LogP) is 0.765. The third-order valence-electron chi connectivity index (χ3n) is 4.85. The number of hydrogen-bond donors (Lipinski definition) is 1. The largest absolute Gasteiger partial charge is 0.351 e. The number of aromatic nitrogens is 5. The van der Waals surface area contributed by atoms with Crippen molar-refractivity contribution in [3.63, 3.8) is 0 Å². The van der Waals surface area contributed by atoms with Crippen LogP contribution in [0.4, 0.5) is 0 Å². The highest BCUT2D eigenvalue weighted by atomic mass is 16.2. The molecule has 2 aromatic heterocycles. The molecule has 24 heavy (non-hydrogen) atoms. The first kappa shape index (κ1) is 16.4. The van der Waals surface area contributed by atoms with Crippen LogP contribution in [0, 0.1) is 11.8 Å². The number of rotatable bonds is 4. The normalized spacial score (nSPS) is 23.8. The fourth-order valence-electron chi connectivity index (χ4n) is 3.17. The molecule has 3 atom stereocenters. The molecule has 8 heteroatoms. The summed E-state index contributed by atoms with van der Waals surface area (Å²) >= 11 is 0. The highest BCUT2D eigenvalue weighted by Gasteiger charge is 2.28. The average molecular weight is 330 g/mol. The van der Waals surface area contributed by atoms with Crippen LogP contribution in [-0.2, 0) is 11.3 Å². The number of carbonyl (C=O) groups is 1. The Labute approximate surface area is 139 Å². The van der Waals surface area contributed by atoms with Gasteiger partial charge in [0.15, 0.2) is 5.82 Å². The van der Waals surface area contributed by atoms with Gasteiger partial charge in [-0.2, -0.15) is 5.10 Å². The summed E-state index contributed by atoms with van der Waals surface area (Å²) in [5.41, 5.74) is -0.320. The van der Waals surface area contributed by atoms with Gasteiger partial charge in [0.2, 0.25) is 5.91 Å². The van der Waals surface area contributed by atoms with Gasteiger partial charge in [0.1, 0.15) is 19.2 Å². The monoisotopic (exact) mass is 330 g/mol. The predicted molar refractivity (Wildman–Crippen MR) is 87.5 cm³/mol. The van der Waals surface area contributed by atoms with Gasteiger partial charge in [0.25, 0.3) is 5.56 Å². The van der Waals surface area contributed by atoms with Crippen molar-refractivity contribution in [3.8, 4) is 5.82 Å². The van der Waals surface area contributed by atoms with Crippen LogP contribution < -0.4 is 10.9 Å². The lowest BCUT2D eigenvalue weighted by Crippen LogP contribution is -2.45. The minimum atomic E-state index is -0.320. The number of nitrogens with one attached hydrogen (secondary N) is 1. The van der Waals surface area contributed by atoms with Crippen molar-refractivity contribution in [2.24, 2.45) is 11.8 Å². The first-order chi connectivity index (χ1) is 11.5. The van der Waals surface area contributed by atoms with Gasteiger partial charge in [-0.15, -0.1) is 5.10 Å². The Morgan fingerprint density at radius 1 is 1.33 bits per heavy atom. The summed E-state index contributed by atoms with van der Waals surface area (Å²) in [6, 6.07) is 3.09. The molecule has 2 aromatic rings. The van der Waals surface area contributed by atoms with Crippen molar-refractivity contribution in [2.75, 3.05) is 0 Å². The van der Waals surface area contributed by atoms with Crippen LogP contribution in [0.5, 0.6) is 0 Å². The number of amides is 1. The lowest BCUT2D eigenvalue weighted by Gasteiger charge is -2.34. The summed E-state index contributed by atoms with van der Waals surface area (Å²) in [6.45, 7) is 4.29. The molecule has 0 radical (unpaired) electrons. The molecule has 1 saturated carbocycles. The Kier molecular flexibility index (Phi) is 4.73. The first-order valence-corrected chi connectivity index (χ1v) is 8.27. The molecular formula is C16H22N6O2. The minimum Gasteiger partial charge on any atom is -0.351 e. The summed E-state index contributed by atoms with van der Waals surface area (Å²) < 4.78 is 2.60. The Balaban J connectivity index is 1.70. The maximum Gasteiger partial charge on any atom is 0.267 e. The fraction of sp³-hybridized carbons (Fsp3) is 0.562. The molecule has 3 rings (SSSR count). The molecular weight excluding hydrogens is 308 g/mol. The van der Waals surface area contributed by atoms with E-state index in [0.717, 1.165) is 17.5 Å². The smallest absolute Gasteiger partial charge is 0.267 e. The SMILES string of the molecule is CC1CCCC(NC(=O)Cn2nc(-n3cncn3)ccc2=O)C1C. The summed E-state index contributed by atoms with van der Waals surface area (Å²) in [5, 5.41) is 11.2. The van der Waals surface area contributed by atoms with Crippen LogP contribution in [0.15, 0.2) is 29.6 Å². The molecule has 1 aliphatic carbocycles. The van der Waals surface area contributed by atoms with Crippen molar-refractivity contribution >= 4 is 5.91 Å². The Bertz CT molecular complexity index is 754. The number of carbonyl (C=O) groups excluding carboxylic acids is 1. The van der Waals surface area contributed by atoms with E-state index in [1.807, 2.05) is 0 Å². The minimum absolute atomic E-state index is 0.0982. The van der Waals surface area contributed by atoms with Gasteiger partial charge in [0.05, 0.1) is 0 Å². The van der Waals surface area contributed by atoms with E-state index in [4.69, 9.17) is 0 Å². The van der Waals surface area contributed by atoms with Crippen LogP contribution >= 0.6 is 0 Å². The summed E-state index contributed by atoms with van der Waals surface area (Å²) in [7, 11) is 0. The van der Waals surface area contributed by atoms with Gasteiger partial charge in [-0.3, -0.25) is 9.59 Å². The van der Waals surface area contributed by atoms with Crippen molar-refractivity contribution < 1.29 is 4.79 Å². The molecule has 8 nitrogen and oxygen atoms in total. The molecule has 1 amide bonds. The van der Waals surface area contributed by atoms with E-state index in [-0.39, 0.29) is 24.1 Å². The van der Waals surface area contributed by atoms with Gasteiger partial charge in [-0.25, -0.2) is 14.3 Å². The molecule has 0 spiro atoms. The van der Waals surface area contributed by atoms with Gasteiger partial charge < -0.3 is 5.32 Å². The van der Waals surface area contributed by atoms with Crippen LogP contribution in [0.1, 0.15) is 33.1 Å². The molecule has 0 saturated heterocycles. The van der Waals surface area contributed by atoms with E-state index in [9.17, 15) is 9.59 Å². The summed E-state index contributed by atoms with van der Waals surface area (Å²) in [6.07, 6.45) is 6.18. The number of hydrogen-bond acceptors (Lipinski definition) is 5. The van der Waals surface area contributed by atoms with Gasteiger partial charge in [0, 0.05) is 12.1 Å². The third-order valence-corrected chi connectivity index (χ3v) is 4.85. The zero-order chi connectivity index (χ0) is 17.1. The van der Waals surface area contributed by atoms with E-state index in [1.165, 1.54) is 29.8 Å². The average Bonchev–Trinajstić information content (AvgIpc) is 3.08. The zero-order valence-electron chi connectivity index (χ0n) is 13.9. The highest BCUT2D eigenvalue weighted by molar-refractivity contribution is 5.76. The second-order valence-electron chi connectivity index (χ2n) is 6.47. The summed E-state index contributed by atoms with van der Waals surface area (Å²) in [5.74, 6) is 1.29. The highest BCUT2D eigenvalue weighted by Crippen LogP contribution is 2.29. The molecule has 0 aromatic carbocycles. The van der Waals surface area contributed by atoms with Crippen molar-refractivity contribution in [2.45, 2.75) is 45.7 Å². The fourth-order valence-corrected chi connectivity index (χ4v) is 3.17. The van der Waals surface area contributed by atoms with Gasteiger partial charge in [-0.05, 0) is 24.3 Å². The maximum atomic E-state index is 12.3. The van der Waals surface area contributed by atoms with E-state index < -0.39 is 0 Å². The van der Waals surface area contributed by atoms with Gasteiger partial charge >= 0.3 is 0 Å². The van der Waals surface area contributed by atoms with Gasteiger partial charge in [-0.1, -0.05) is 26.7 Å². The Morgan fingerprint density at radius 3 is 2.92 bits per heavy atom. The van der Waals surface area contributed by atoms with Crippen molar-refractivity contribution in [1.82, 2.24) is 29.9 Å². The first-order valence-electron chi connectivity index (χ1n) is 8.27. The quantitative estimate of drug-likeness (QED) is 0.893. The van der Waals surface area contributed by atoms with Crippen molar-refractivity contribution in [1.29, 1.82) is 0 Å². The zero-order valence-corrected chi connectivity index (χ0v) is 13.9. The van der Waals surface area contributed by atoms with Crippen molar-refractivity contribution in [3.05, 3.63) is 35.1 Å². The molecule has 3 unspecified atom stereocenters. The second-order valence-corrected chi connectivity index (χ2v) is 6.47. The molecule has 2 heterocycles. The van der Waals surface area contributed by atoms with Crippen LogP contribution in [0.3, 0.4) is 0 Å². The van der Waals surface area contributed by atoms with E-state index >= 15 is 0 Å². The molecule has 1 aliphatic rings. The topological polar surface area (TPSA) is 94.7 Å². The molecule has 128 valence electrons. The Hall–Kier alpha value is -2.51. The summed E-state index contributed by atoms with van der Waals surface area (Å²) in [4.78, 5) is 28.1. The Morgan fingerprint density at radius 2 is 2.17 bits per heavy atom. The van der Waals surface area contributed by atoms with E-state index in [1.54, 1.807) is 6.07 Å². The maximum absolute atomic E-state index is 12.3. The van der Waals surface area contributed by atoms with Crippen LogP contribution in [0.2, 0.25) is 0 Å².